The summed E-state index contributed by atoms with van der Waals surface area (Å²) in [5, 5.41) is 5.72. The Kier molecular flexibility index (Phi) is 5.17. The van der Waals surface area contributed by atoms with E-state index in [4.69, 9.17) is 27.9 Å². The van der Waals surface area contributed by atoms with Crippen LogP contribution in [0.15, 0.2) is 41.8 Å². The SMILES string of the molecule is O=C(COc1ccc(Cl)cc1)Nc1nc(-c2ccc(Cl)s2)cs1. The third-order valence-electron chi connectivity index (χ3n) is 2.76. The van der Waals surface area contributed by atoms with E-state index in [0.29, 0.717) is 20.2 Å². The molecule has 2 aromatic heterocycles. The molecule has 1 N–H and O–H groups in total. The van der Waals surface area contributed by atoms with E-state index in [1.807, 2.05) is 17.5 Å². The molecule has 0 saturated heterocycles. The summed E-state index contributed by atoms with van der Waals surface area (Å²) in [6, 6.07) is 10.5. The van der Waals surface area contributed by atoms with Gasteiger partial charge in [0.15, 0.2) is 11.7 Å². The maximum Gasteiger partial charge on any atom is 0.264 e. The number of carbonyl (C=O) groups excluding carboxylic acids is 1. The van der Waals surface area contributed by atoms with E-state index < -0.39 is 0 Å². The van der Waals surface area contributed by atoms with Crippen LogP contribution in [-0.4, -0.2) is 17.5 Å². The van der Waals surface area contributed by atoms with E-state index in [1.165, 1.54) is 22.7 Å². The van der Waals surface area contributed by atoms with Crippen molar-refractivity contribution < 1.29 is 9.53 Å². The van der Waals surface area contributed by atoms with Crippen molar-refractivity contribution in [3.8, 4) is 16.3 Å². The fourth-order valence-electron chi connectivity index (χ4n) is 1.73. The number of halogens is 2. The highest BCUT2D eigenvalue weighted by Gasteiger charge is 2.10. The van der Waals surface area contributed by atoms with Gasteiger partial charge in [-0.15, -0.1) is 22.7 Å². The Morgan fingerprint density at radius 1 is 1.17 bits per heavy atom. The average molecular weight is 385 g/mol. The molecule has 3 aromatic rings. The van der Waals surface area contributed by atoms with Crippen molar-refractivity contribution in [3.63, 3.8) is 0 Å². The number of nitrogens with one attached hydrogen (secondary N) is 1. The zero-order chi connectivity index (χ0) is 16.2. The van der Waals surface area contributed by atoms with Crippen molar-refractivity contribution in [3.05, 3.63) is 51.1 Å². The number of aromatic nitrogens is 1. The molecule has 0 spiro atoms. The lowest BCUT2D eigenvalue weighted by Crippen LogP contribution is -2.20. The van der Waals surface area contributed by atoms with Gasteiger partial charge in [-0.05, 0) is 36.4 Å². The zero-order valence-corrected chi connectivity index (χ0v) is 14.7. The first-order valence-electron chi connectivity index (χ1n) is 6.49. The molecular formula is C15H10Cl2N2O2S2. The molecule has 2 heterocycles. The number of thiazole rings is 1. The van der Waals surface area contributed by atoms with Crippen molar-refractivity contribution in [2.24, 2.45) is 0 Å². The van der Waals surface area contributed by atoms with Crippen LogP contribution >= 0.6 is 45.9 Å². The predicted molar refractivity (Wildman–Crippen MR) is 96.0 cm³/mol. The fourth-order valence-corrected chi connectivity index (χ4v) is 3.66. The highest BCUT2D eigenvalue weighted by Crippen LogP contribution is 2.32. The van der Waals surface area contributed by atoms with E-state index >= 15 is 0 Å². The number of amides is 1. The largest absolute Gasteiger partial charge is 0.484 e. The number of benzene rings is 1. The van der Waals surface area contributed by atoms with Gasteiger partial charge in [0, 0.05) is 10.4 Å². The maximum absolute atomic E-state index is 11.9. The molecular weight excluding hydrogens is 375 g/mol. The number of hydrogen-bond acceptors (Lipinski definition) is 5. The molecule has 0 bridgehead atoms. The van der Waals surface area contributed by atoms with Gasteiger partial charge in [-0.3, -0.25) is 10.1 Å². The molecule has 0 aliphatic heterocycles. The lowest BCUT2D eigenvalue weighted by Gasteiger charge is -2.05. The molecule has 0 atom stereocenters. The Morgan fingerprint density at radius 3 is 2.65 bits per heavy atom. The topological polar surface area (TPSA) is 51.2 Å². The van der Waals surface area contributed by atoms with Crippen LogP contribution in [0.1, 0.15) is 0 Å². The van der Waals surface area contributed by atoms with Crippen LogP contribution in [0.4, 0.5) is 5.13 Å². The highest BCUT2D eigenvalue weighted by molar-refractivity contribution is 7.20. The monoisotopic (exact) mass is 384 g/mol. The zero-order valence-electron chi connectivity index (χ0n) is 11.6. The summed E-state index contributed by atoms with van der Waals surface area (Å²) in [7, 11) is 0. The molecule has 0 aliphatic carbocycles. The Hall–Kier alpha value is -1.60. The summed E-state index contributed by atoms with van der Waals surface area (Å²) in [6.45, 7) is -0.0959. The molecule has 8 heteroatoms. The molecule has 0 unspecified atom stereocenters. The van der Waals surface area contributed by atoms with Gasteiger partial charge >= 0.3 is 0 Å². The highest BCUT2D eigenvalue weighted by atomic mass is 35.5. The minimum Gasteiger partial charge on any atom is -0.484 e. The van der Waals surface area contributed by atoms with Gasteiger partial charge in [0.25, 0.3) is 5.91 Å². The quantitative estimate of drug-likeness (QED) is 0.657. The van der Waals surface area contributed by atoms with E-state index in [-0.39, 0.29) is 12.5 Å². The summed E-state index contributed by atoms with van der Waals surface area (Å²) in [5.74, 6) is 0.308. The first-order valence-corrected chi connectivity index (χ1v) is 8.95. The van der Waals surface area contributed by atoms with Gasteiger partial charge in [0.05, 0.1) is 14.9 Å². The van der Waals surface area contributed by atoms with Gasteiger partial charge in [-0.2, -0.15) is 0 Å². The third kappa shape index (κ3) is 4.45. The molecule has 4 nitrogen and oxygen atoms in total. The van der Waals surface area contributed by atoms with Gasteiger partial charge in [-0.1, -0.05) is 23.2 Å². The molecule has 0 aliphatic rings. The second-order valence-electron chi connectivity index (χ2n) is 4.43. The Bertz CT molecular complexity index is 815. The average Bonchev–Trinajstić information content (AvgIpc) is 3.16. The second-order valence-corrected chi connectivity index (χ2v) is 7.44. The van der Waals surface area contributed by atoms with Crippen LogP contribution in [-0.2, 0) is 4.79 Å². The lowest BCUT2D eigenvalue weighted by molar-refractivity contribution is -0.118. The molecule has 118 valence electrons. The van der Waals surface area contributed by atoms with Gasteiger partial charge in [0.1, 0.15) is 5.75 Å². The molecule has 1 aromatic carbocycles. The third-order valence-corrected chi connectivity index (χ3v) is 5.02. The Morgan fingerprint density at radius 2 is 1.96 bits per heavy atom. The van der Waals surface area contributed by atoms with Gasteiger partial charge in [0.2, 0.25) is 0 Å². The smallest absolute Gasteiger partial charge is 0.264 e. The summed E-state index contributed by atoms with van der Waals surface area (Å²) >= 11 is 14.5. The van der Waals surface area contributed by atoms with E-state index in [0.717, 1.165) is 10.6 Å². The number of rotatable bonds is 5. The standard InChI is InChI=1S/C15H10Cl2N2O2S2/c16-9-1-3-10(4-2-9)21-7-14(20)19-15-18-11(8-22-15)12-5-6-13(17)23-12/h1-6,8H,7H2,(H,18,19,20). The molecule has 0 radical (unpaired) electrons. The van der Waals surface area contributed by atoms with Crippen LogP contribution in [0.2, 0.25) is 9.36 Å². The van der Waals surface area contributed by atoms with E-state index in [1.54, 1.807) is 24.3 Å². The number of nitrogens with zero attached hydrogens (tertiary/aromatic N) is 1. The van der Waals surface area contributed by atoms with Crippen molar-refractivity contribution >= 4 is 56.9 Å². The fraction of sp³-hybridized carbons (Fsp3) is 0.0667. The molecule has 1 amide bonds. The normalized spacial score (nSPS) is 10.5. The predicted octanol–water partition coefficient (Wildman–Crippen LogP) is 5.20. The van der Waals surface area contributed by atoms with Gasteiger partial charge in [-0.25, -0.2) is 4.98 Å². The summed E-state index contributed by atoms with van der Waals surface area (Å²) in [6.07, 6.45) is 0. The second kappa shape index (κ2) is 7.31. The first-order chi connectivity index (χ1) is 11.1. The number of thiophene rings is 1. The van der Waals surface area contributed by atoms with Crippen LogP contribution in [0, 0.1) is 0 Å². The summed E-state index contributed by atoms with van der Waals surface area (Å²) in [5.41, 5.74) is 0.792. The minimum atomic E-state index is -0.273. The van der Waals surface area contributed by atoms with Crippen molar-refractivity contribution in [1.82, 2.24) is 4.98 Å². The number of carbonyl (C=O) groups is 1. The van der Waals surface area contributed by atoms with E-state index in [9.17, 15) is 4.79 Å². The van der Waals surface area contributed by atoms with Crippen molar-refractivity contribution in [2.75, 3.05) is 11.9 Å². The van der Waals surface area contributed by atoms with Crippen LogP contribution in [0.5, 0.6) is 5.75 Å². The van der Waals surface area contributed by atoms with Crippen LogP contribution < -0.4 is 10.1 Å². The lowest BCUT2D eigenvalue weighted by atomic mass is 10.3. The van der Waals surface area contributed by atoms with Crippen LogP contribution in [0.3, 0.4) is 0 Å². The van der Waals surface area contributed by atoms with Crippen molar-refractivity contribution in [1.29, 1.82) is 0 Å². The van der Waals surface area contributed by atoms with Gasteiger partial charge < -0.3 is 4.74 Å². The summed E-state index contributed by atoms with van der Waals surface area (Å²) in [4.78, 5) is 17.2. The van der Waals surface area contributed by atoms with Crippen molar-refractivity contribution in [2.45, 2.75) is 0 Å². The molecule has 0 fully saturated rings. The Labute approximate surface area is 150 Å². The molecule has 0 saturated carbocycles. The Balaban J connectivity index is 1.56. The first kappa shape index (κ1) is 16.3. The molecule has 3 rings (SSSR count). The van der Waals surface area contributed by atoms with E-state index in [2.05, 4.69) is 10.3 Å². The summed E-state index contributed by atoms with van der Waals surface area (Å²) < 4.78 is 6.08. The maximum atomic E-state index is 11.9. The number of ether oxygens (including phenoxy) is 1. The minimum absolute atomic E-state index is 0.0959. The van der Waals surface area contributed by atoms with Crippen LogP contribution in [0.25, 0.3) is 10.6 Å². The number of hydrogen-bond donors (Lipinski definition) is 1. The number of anilines is 1. The molecule has 23 heavy (non-hydrogen) atoms.